The van der Waals surface area contributed by atoms with Gasteiger partial charge in [-0.15, -0.1) is 0 Å². The number of benzene rings is 1. The Labute approximate surface area is 123 Å². The molecule has 1 aromatic carbocycles. The number of carbonyl (C=O) groups excluding carboxylic acids is 1. The quantitative estimate of drug-likeness (QED) is 0.831. The van der Waals surface area contributed by atoms with Crippen LogP contribution in [0.15, 0.2) is 24.5 Å². The number of nitrogens with two attached hydrogens (primary N) is 1. The van der Waals surface area contributed by atoms with Gasteiger partial charge in [-0.1, -0.05) is 0 Å². The topological polar surface area (TPSA) is 72.9 Å². The summed E-state index contributed by atoms with van der Waals surface area (Å²) in [6.07, 6.45) is 2.87. The third-order valence-electron chi connectivity index (χ3n) is 3.43. The molecule has 0 bridgehead atoms. The molecule has 0 fully saturated rings. The van der Waals surface area contributed by atoms with Crippen molar-refractivity contribution in [3.8, 4) is 0 Å². The van der Waals surface area contributed by atoms with Crippen molar-refractivity contribution in [3.63, 3.8) is 0 Å². The fraction of sp³-hybridized carbons (Fsp3) is 0.333. The predicted octanol–water partition coefficient (Wildman–Crippen LogP) is 2.64. The number of nitrogens with zero attached hydrogens (tertiary/aromatic N) is 2. The standard InChI is InChI=1S/C15H19FN4O/c1-10-11(2)20(9-18-10)7-3-4-15(21)19-12-5-6-13(16)14(17)8-12/h5-6,8-9H,3-4,7,17H2,1-2H3,(H,19,21). The highest BCUT2D eigenvalue weighted by atomic mass is 19.1. The highest BCUT2D eigenvalue weighted by Crippen LogP contribution is 2.16. The van der Waals surface area contributed by atoms with Gasteiger partial charge in [0.1, 0.15) is 5.82 Å². The summed E-state index contributed by atoms with van der Waals surface area (Å²) in [6.45, 7) is 4.70. The Kier molecular flexibility index (Phi) is 4.57. The van der Waals surface area contributed by atoms with Crippen LogP contribution in [-0.2, 0) is 11.3 Å². The van der Waals surface area contributed by atoms with Crippen LogP contribution in [0, 0.1) is 19.7 Å². The van der Waals surface area contributed by atoms with Gasteiger partial charge in [-0.3, -0.25) is 4.79 Å². The number of hydrogen-bond donors (Lipinski definition) is 2. The molecule has 0 radical (unpaired) electrons. The van der Waals surface area contributed by atoms with Crippen molar-refractivity contribution in [3.05, 3.63) is 41.7 Å². The average molecular weight is 290 g/mol. The number of halogens is 1. The molecule has 0 saturated carbocycles. The fourth-order valence-corrected chi connectivity index (χ4v) is 2.02. The minimum Gasteiger partial charge on any atom is -0.396 e. The molecule has 1 aromatic heterocycles. The Morgan fingerprint density at radius 3 is 2.81 bits per heavy atom. The summed E-state index contributed by atoms with van der Waals surface area (Å²) in [5.74, 6) is -0.602. The Morgan fingerprint density at radius 2 is 2.19 bits per heavy atom. The Morgan fingerprint density at radius 1 is 1.43 bits per heavy atom. The zero-order valence-corrected chi connectivity index (χ0v) is 12.2. The van der Waals surface area contributed by atoms with E-state index >= 15 is 0 Å². The van der Waals surface area contributed by atoms with E-state index in [1.165, 1.54) is 18.2 Å². The van der Waals surface area contributed by atoms with Gasteiger partial charge in [-0.2, -0.15) is 0 Å². The minimum atomic E-state index is -0.487. The Bertz CT molecular complexity index is 651. The van der Waals surface area contributed by atoms with Gasteiger partial charge in [0.15, 0.2) is 0 Å². The lowest BCUT2D eigenvalue weighted by molar-refractivity contribution is -0.116. The molecule has 2 rings (SSSR count). The SMILES string of the molecule is Cc1ncn(CCCC(=O)Nc2ccc(F)c(N)c2)c1C. The zero-order chi connectivity index (χ0) is 15.4. The molecule has 112 valence electrons. The first-order valence-corrected chi connectivity index (χ1v) is 6.80. The number of nitrogens with one attached hydrogen (secondary N) is 1. The number of carbonyl (C=O) groups is 1. The molecule has 1 heterocycles. The lowest BCUT2D eigenvalue weighted by Gasteiger charge is -2.08. The van der Waals surface area contributed by atoms with Crippen LogP contribution in [0.4, 0.5) is 15.8 Å². The predicted molar refractivity (Wildman–Crippen MR) is 80.4 cm³/mol. The van der Waals surface area contributed by atoms with Crippen molar-refractivity contribution in [2.24, 2.45) is 0 Å². The van der Waals surface area contributed by atoms with E-state index in [1.54, 1.807) is 6.33 Å². The minimum absolute atomic E-state index is 0.0253. The number of anilines is 2. The van der Waals surface area contributed by atoms with E-state index in [2.05, 4.69) is 10.3 Å². The molecular weight excluding hydrogens is 271 g/mol. The molecule has 0 unspecified atom stereocenters. The largest absolute Gasteiger partial charge is 0.396 e. The first kappa shape index (κ1) is 15.0. The van der Waals surface area contributed by atoms with Crippen LogP contribution < -0.4 is 11.1 Å². The molecule has 0 aliphatic heterocycles. The molecular formula is C15H19FN4O. The Hall–Kier alpha value is -2.37. The van der Waals surface area contributed by atoms with E-state index in [9.17, 15) is 9.18 Å². The van der Waals surface area contributed by atoms with Crippen LogP contribution in [0.2, 0.25) is 0 Å². The molecule has 0 spiro atoms. The highest BCUT2D eigenvalue weighted by molar-refractivity contribution is 5.91. The van der Waals surface area contributed by atoms with Gasteiger partial charge < -0.3 is 15.6 Å². The van der Waals surface area contributed by atoms with Crippen LogP contribution in [0.3, 0.4) is 0 Å². The molecule has 0 aliphatic carbocycles. The maximum absolute atomic E-state index is 13.0. The van der Waals surface area contributed by atoms with E-state index in [0.29, 0.717) is 18.5 Å². The second kappa shape index (κ2) is 6.39. The van der Waals surface area contributed by atoms with Crippen molar-refractivity contribution in [2.75, 3.05) is 11.1 Å². The van der Waals surface area contributed by atoms with E-state index in [-0.39, 0.29) is 11.6 Å². The summed E-state index contributed by atoms with van der Waals surface area (Å²) in [5, 5.41) is 2.71. The maximum Gasteiger partial charge on any atom is 0.224 e. The van der Waals surface area contributed by atoms with E-state index in [4.69, 9.17) is 5.73 Å². The molecule has 5 nitrogen and oxygen atoms in total. The number of imidazole rings is 1. The lowest BCUT2D eigenvalue weighted by atomic mass is 10.2. The van der Waals surface area contributed by atoms with Crippen LogP contribution in [0.5, 0.6) is 0 Å². The maximum atomic E-state index is 13.0. The van der Waals surface area contributed by atoms with Gasteiger partial charge in [0.05, 0.1) is 17.7 Å². The number of aromatic nitrogens is 2. The van der Waals surface area contributed by atoms with E-state index in [1.807, 2.05) is 18.4 Å². The average Bonchev–Trinajstić information content (AvgIpc) is 2.75. The number of hydrogen-bond acceptors (Lipinski definition) is 3. The summed E-state index contributed by atoms with van der Waals surface area (Å²) >= 11 is 0. The van der Waals surface area contributed by atoms with Crippen molar-refractivity contribution >= 4 is 17.3 Å². The summed E-state index contributed by atoms with van der Waals surface area (Å²) in [4.78, 5) is 16.0. The van der Waals surface area contributed by atoms with E-state index in [0.717, 1.165) is 17.9 Å². The lowest BCUT2D eigenvalue weighted by Crippen LogP contribution is -2.13. The summed E-state index contributed by atoms with van der Waals surface area (Å²) in [6, 6.07) is 4.14. The molecule has 0 atom stereocenters. The van der Waals surface area contributed by atoms with Crippen molar-refractivity contribution in [2.45, 2.75) is 33.2 Å². The van der Waals surface area contributed by atoms with Gasteiger partial charge in [0.2, 0.25) is 5.91 Å². The van der Waals surface area contributed by atoms with Crippen LogP contribution in [-0.4, -0.2) is 15.5 Å². The molecule has 2 aromatic rings. The molecule has 3 N–H and O–H groups in total. The second-order valence-electron chi connectivity index (χ2n) is 5.00. The van der Waals surface area contributed by atoms with Crippen molar-refractivity contribution < 1.29 is 9.18 Å². The zero-order valence-electron chi connectivity index (χ0n) is 12.2. The third kappa shape index (κ3) is 3.81. The van der Waals surface area contributed by atoms with Crippen molar-refractivity contribution in [1.29, 1.82) is 0 Å². The van der Waals surface area contributed by atoms with Gasteiger partial charge >= 0.3 is 0 Å². The van der Waals surface area contributed by atoms with Crippen molar-refractivity contribution in [1.82, 2.24) is 9.55 Å². The number of nitrogen functional groups attached to an aromatic ring is 1. The van der Waals surface area contributed by atoms with E-state index < -0.39 is 5.82 Å². The van der Waals surface area contributed by atoms with Gasteiger partial charge in [0.25, 0.3) is 0 Å². The summed E-state index contributed by atoms with van der Waals surface area (Å²) in [5.41, 5.74) is 8.10. The molecule has 1 amide bonds. The van der Waals surface area contributed by atoms with Crippen LogP contribution >= 0.6 is 0 Å². The third-order valence-corrected chi connectivity index (χ3v) is 3.43. The smallest absolute Gasteiger partial charge is 0.224 e. The normalized spacial score (nSPS) is 10.6. The molecule has 6 heteroatoms. The van der Waals surface area contributed by atoms with Gasteiger partial charge in [-0.25, -0.2) is 9.37 Å². The van der Waals surface area contributed by atoms with Crippen LogP contribution in [0.25, 0.3) is 0 Å². The highest BCUT2D eigenvalue weighted by Gasteiger charge is 2.06. The molecule has 0 saturated heterocycles. The number of amides is 1. The summed E-state index contributed by atoms with van der Waals surface area (Å²) in [7, 11) is 0. The first-order valence-electron chi connectivity index (χ1n) is 6.80. The molecule has 0 aliphatic rings. The number of aryl methyl sites for hydroxylation is 2. The fourth-order valence-electron chi connectivity index (χ4n) is 2.02. The van der Waals surface area contributed by atoms with Gasteiger partial charge in [-0.05, 0) is 38.5 Å². The molecule has 21 heavy (non-hydrogen) atoms. The summed E-state index contributed by atoms with van der Waals surface area (Å²) < 4.78 is 15.0. The first-order chi connectivity index (χ1) is 9.97. The Balaban J connectivity index is 1.82. The second-order valence-corrected chi connectivity index (χ2v) is 5.00. The van der Waals surface area contributed by atoms with Gasteiger partial charge in [0, 0.05) is 24.3 Å². The monoisotopic (exact) mass is 290 g/mol. The number of rotatable bonds is 5. The van der Waals surface area contributed by atoms with Crippen LogP contribution in [0.1, 0.15) is 24.2 Å².